The summed E-state index contributed by atoms with van der Waals surface area (Å²) >= 11 is 0. The third-order valence-electron chi connectivity index (χ3n) is 6.24. The van der Waals surface area contributed by atoms with Crippen LogP contribution < -0.4 is 5.32 Å². The smallest absolute Gasteiger partial charge is 0.243 e. The summed E-state index contributed by atoms with van der Waals surface area (Å²) in [6, 6.07) is 0.226. The van der Waals surface area contributed by atoms with Gasteiger partial charge in [-0.25, -0.2) is 0 Å². The Hall–Kier alpha value is -1.47. The highest BCUT2D eigenvalue weighted by Gasteiger charge is 2.55. The molecule has 6 nitrogen and oxygen atoms in total. The van der Waals surface area contributed by atoms with Gasteiger partial charge in [-0.3, -0.25) is 4.79 Å². The highest BCUT2D eigenvalue weighted by molar-refractivity contribution is 5.87. The van der Waals surface area contributed by atoms with E-state index in [1.165, 1.54) is 17.7 Å². The fourth-order valence-corrected chi connectivity index (χ4v) is 4.16. The van der Waals surface area contributed by atoms with Crippen molar-refractivity contribution in [2.45, 2.75) is 82.3 Å². The zero-order valence-electron chi connectivity index (χ0n) is 17.5. The van der Waals surface area contributed by atoms with Crippen molar-refractivity contribution in [2.24, 2.45) is 5.92 Å². The van der Waals surface area contributed by atoms with Crippen LogP contribution in [0.25, 0.3) is 0 Å². The molecule has 6 heteroatoms. The molecular formula is C23H35NO5. The van der Waals surface area contributed by atoms with Crippen LogP contribution in [0, 0.1) is 5.92 Å². The first-order valence-electron chi connectivity index (χ1n) is 10.8. The molecule has 3 N–H and O–H groups in total. The van der Waals surface area contributed by atoms with E-state index < -0.39 is 12.2 Å². The van der Waals surface area contributed by atoms with Crippen LogP contribution in [0.5, 0.6) is 0 Å². The summed E-state index contributed by atoms with van der Waals surface area (Å²) in [5, 5.41) is 22.6. The average molecular weight is 406 g/mol. The van der Waals surface area contributed by atoms with Gasteiger partial charge in [0, 0.05) is 18.5 Å². The first-order valence-corrected chi connectivity index (χ1v) is 10.8. The number of ether oxygens (including phenoxy) is 2. The molecule has 0 bridgehead atoms. The molecule has 4 atom stereocenters. The van der Waals surface area contributed by atoms with Crippen LogP contribution in [-0.2, 0) is 14.3 Å². The quantitative estimate of drug-likeness (QED) is 0.344. The minimum absolute atomic E-state index is 0.124. The largest absolute Gasteiger partial charge is 0.389 e. The van der Waals surface area contributed by atoms with E-state index in [1.54, 1.807) is 6.92 Å². The highest BCUT2D eigenvalue weighted by atomic mass is 16.6. The summed E-state index contributed by atoms with van der Waals surface area (Å²) in [7, 11) is 0. The molecule has 1 saturated carbocycles. The summed E-state index contributed by atoms with van der Waals surface area (Å²) in [6.07, 6.45) is 13.7. The van der Waals surface area contributed by atoms with Crippen LogP contribution in [0.3, 0.4) is 0 Å². The second-order valence-corrected chi connectivity index (χ2v) is 8.75. The van der Waals surface area contributed by atoms with Crippen LogP contribution in [0.1, 0.15) is 52.4 Å². The van der Waals surface area contributed by atoms with Gasteiger partial charge >= 0.3 is 0 Å². The standard InChI is InChI=1S/C23H35NO5/c1-16(4-11-20-22(27)23(15-29-23)13-14-28-20)3-6-18-7-9-19(10-8-18)24-21(26)12-5-17(2)25/h3-5,11-12,17-20,22,25,27H,6-10,13-15H2,1-2H3,(H,24,26)/b11-4+,12-5-,16-3+/t17-,18?,19?,20+,22+,23+/m0/s1. The first-order chi connectivity index (χ1) is 13.9. The van der Waals surface area contributed by atoms with E-state index in [0.29, 0.717) is 19.1 Å². The number of aliphatic hydroxyl groups excluding tert-OH is 2. The Kier molecular flexibility index (Phi) is 7.68. The van der Waals surface area contributed by atoms with Crippen LogP contribution in [0.15, 0.2) is 36.0 Å². The Morgan fingerprint density at radius 2 is 2.00 bits per heavy atom. The van der Waals surface area contributed by atoms with Crippen LogP contribution in [0.2, 0.25) is 0 Å². The van der Waals surface area contributed by atoms with Gasteiger partial charge in [-0.2, -0.15) is 0 Å². The van der Waals surface area contributed by atoms with Crippen molar-refractivity contribution in [3.8, 4) is 0 Å². The summed E-state index contributed by atoms with van der Waals surface area (Å²) in [4.78, 5) is 11.8. The maximum atomic E-state index is 11.8. The number of aliphatic hydroxyl groups is 2. The number of hydrogen-bond acceptors (Lipinski definition) is 5. The summed E-state index contributed by atoms with van der Waals surface area (Å²) in [5.41, 5.74) is 0.821. The second-order valence-electron chi connectivity index (χ2n) is 8.75. The molecule has 162 valence electrons. The number of epoxide rings is 1. The number of nitrogens with one attached hydrogen (secondary N) is 1. The molecule has 0 radical (unpaired) electrons. The Balaban J connectivity index is 1.38. The number of amides is 1. The number of carbonyl (C=O) groups excluding carboxylic acids is 1. The minimum Gasteiger partial charge on any atom is -0.389 e. The van der Waals surface area contributed by atoms with E-state index >= 15 is 0 Å². The lowest BCUT2D eigenvalue weighted by Gasteiger charge is -2.31. The maximum Gasteiger partial charge on any atom is 0.243 e. The Morgan fingerprint density at radius 1 is 1.28 bits per heavy atom. The first kappa shape index (κ1) is 22.2. The van der Waals surface area contributed by atoms with E-state index in [0.717, 1.165) is 38.5 Å². The number of carbonyl (C=O) groups is 1. The average Bonchev–Trinajstić information content (AvgIpc) is 3.47. The van der Waals surface area contributed by atoms with Gasteiger partial charge in [0.1, 0.15) is 17.8 Å². The topological polar surface area (TPSA) is 91.3 Å². The van der Waals surface area contributed by atoms with Gasteiger partial charge < -0.3 is 25.0 Å². The van der Waals surface area contributed by atoms with Crippen LogP contribution in [0.4, 0.5) is 0 Å². The molecule has 2 heterocycles. The zero-order valence-corrected chi connectivity index (χ0v) is 17.5. The SMILES string of the molecule is CC(/C=C/[C@H]1OCC[C@@]2(CO2)[C@@H]1O)=C\CC1CCC(NC(=O)/C=C\[C@H](C)O)CC1. The van der Waals surface area contributed by atoms with Gasteiger partial charge in [0.25, 0.3) is 0 Å². The lowest BCUT2D eigenvalue weighted by molar-refractivity contribution is -0.117. The molecule has 2 saturated heterocycles. The van der Waals surface area contributed by atoms with Crippen molar-refractivity contribution < 1.29 is 24.5 Å². The summed E-state index contributed by atoms with van der Waals surface area (Å²) in [6.45, 7) is 4.97. The molecule has 0 unspecified atom stereocenters. The molecule has 3 rings (SSSR count). The van der Waals surface area contributed by atoms with Crippen molar-refractivity contribution in [3.63, 3.8) is 0 Å². The summed E-state index contributed by atoms with van der Waals surface area (Å²) < 4.78 is 11.1. The third-order valence-corrected chi connectivity index (χ3v) is 6.24. The lowest BCUT2D eigenvalue weighted by Crippen LogP contribution is -2.46. The second kappa shape index (κ2) is 10.0. The molecule has 1 amide bonds. The maximum absolute atomic E-state index is 11.8. The van der Waals surface area contributed by atoms with Gasteiger partial charge in [0.15, 0.2) is 0 Å². The van der Waals surface area contributed by atoms with Crippen LogP contribution in [-0.4, -0.2) is 59.3 Å². The fraction of sp³-hybridized carbons (Fsp3) is 0.696. The molecule has 3 fully saturated rings. The van der Waals surface area contributed by atoms with E-state index in [2.05, 4.69) is 18.3 Å². The summed E-state index contributed by atoms with van der Waals surface area (Å²) in [5.74, 6) is 0.514. The Bertz CT molecular complexity index is 642. The number of hydrogen-bond donors (Lipinski definition) is 3. The van der Waals surface area contributed by atoms with E-state index in [4.69, 9.17) is 9.47 Å². The van der Waals surface area contributed by atoms with Crippen LogP contribution >= 0.6 is 0 Å². The van der Waals surface area contributed by atoms with Gasteiger partial charge in [-0.05, 0) is 51.9 Å². The molecule has 1 spiro atoms. The van der Waals surface area contributed by atoms with E-state index in [1.807, 2.05) is 12.2 Å². The van der Waals surface area contributed by atoms with Gasteiger partial charge in [-0.15, -0.1) is 0 Å². The highest BCUT2D eigenvalue weighted by Crippen LogP contribution is 2.40. The van der Waals surface area contributed by atoms with Crippen molar-refractivity contribution >= 4 is 5.91 Å². The Labute approximate surface area is 173 Å². The molecular weight excluding hydrogens is 370 g/mol. The predicted molar refractivity (Wildman–Crippen MR) is 111 cm³/mol. The molecule has 3 aliphatic rings. The van der Waals surface area contributed by atoms with E-state index in [-0.39, 0.29) is 23.7 Å². The number of allylic oxidation sites excluding steroid dienone is 3. The number of rotatable bonds is 7. The molecule has 29 heavy (non-hydrogen) atoms. The predicted octanol–water partition coefficient (Wildman–Crippen LogP) is 2.41. The third kappa shape index (κ3) is 6.51. The van der Waals surface area contributed by atoms with Gasteiger partial charge in [0.2, 0.25) is 5.91 Å². The fourth-order valence-electron chi connectivity index (χ4n) is 4.16. The van der Waals surface area contributed by atoms with E-state index in [9.17, 15) is 15.0 Å². The lowest BCUT2D eigenvalue weighted by atomic mass is 9.83. The van der Waals surface area contributed by atoms with Crippen molar-refractivity contribution in [2.75, 3.05) is 13.2 Å². The van der Waals surface area contributed by atoms with Crippen molar-refractivity contribution in [3.05, 3.63) is 36.0 Å². The molecule has 0 aromatic heterocycles. The molecule has 2 aliphatic heterocycles. The van der Waals surface area contributed by atoms with Crippen molar-refractivity contribution in [1.29, 1.82) is 0 Å². The van der Waals surface area contributed by atoms with Crippen molar-refractivity contribution in [1.82, 2.24) is 5.32 Å². The van der Waals surface area contributed by atoms with Gasteiger partial charge in [-0.1, -0.05) is 29.9 Å². The normalized spacial score (nSPS) is 36.6. The monoisotopic (exact) mass is 405 g/mol. The minimum atomic E-state index is -0.600. The molecule has 1 aliphatic carbocycles. The molecule has 0 aromatic rings. The van der Waals surface area contributed by atoms with Gasteiger partial charge in [0.05, 0.1) is 19.3 Å². The zero-order chi connectivity index (χ0) is 20.9. The Morgan fingerprint density at radius 3 is 2.66 bits per heavy atom. The molecule has 0 aromatic carbocycles.